The third-order valence-electron chi connectivity index (χ3n) is 2.47. The Labute approximate surface area is 110 Å². The van der Waals surface area contributed by atoms with Gasteiger partial charge in [-0.1, -0.05) is 29.8 Å². The highest BCUT2D eigenvalue weighted by molar-refractivity contribution is 7.09. The summed E-state index contributed by atoms with van der Waals surface area (Å²) in [7, 11) is 0. The molecule has 0 radical (unpaired) electrons. The third kappa shape index (κ3) is 3.67. The molecule has 18 heavy (non-hydrogen) atoms. The summed E-state index contributed by atoms with van der Waals surface area (Å²) in [5.41, 5.74) is 2.96. The SMILES string of the molecule is Cc1cccc(COC(=O)Cc2csc(C)n2)c1. The van der Waals surface area contributed by atoms with Crippen molar-refractivity contribution in [1.82, 2.24) is 4.98 Å². The largest absolute Gasteiger partial charge is 0.461 e. The number of hydrogen-bond acceptors (Lipinski definition) is 4. The normalized spacial score (nSPS) is 10.3. The highest BCUT2D eigenvalue weighted by Gasteiger charge is 2.07. The van der Waals surface area contributed by atoms with E-state index < -0.39 is 0 Å². The Bertz CT molecular complexity index is 548. The van der Waals surface area contributed by atoms with Gasteiger partial charge in [-0.15, -0.1) is 11.3 Å². The second-order valence-corrected chi connectivity index (χ2v) is 5.25. The molecule has 1 aromatic heterocycles. The molecule has 0 aliphatic heterocycles. The second kappa shape index (κ2) is 5.78. The summed E-state index contributed by atoms with van der Waals surface area (Å²) in [5.74, 6) is -0.234. The van der Waals surface area contributed by atoms with Crippen molar-refractivity contribution in [1.29, 1.82) is 0 Å². The van der Waals surface area contributed by atoms with Crippen LogP contribution in [0.15, 0.2) is 29.6 Å². The van der Waals surface area contributed by atoms with Crippen LogP contribution in [0.5, 0.6) is 0 Å². The van der Waals surface area contributed by atoms with Gasteiger partial charge in [0.05, 0.1) is 17.1 Å². The number of benzene rings is 1. The number of aromatic nitrogens is 1. The van der Waals surface area contributed by atoms with E-state index in [1.165, 1.54) is 5.56 Å². The van der Waals surface area contributed by atoms with E-state index in [-0.39, 0.29) is 12.4 Å². The Balaban J connectivity index is 1.85. The van der Waals surface area contributed by atoms with E-state index in [0.29, 0.717) is 6.61 Å². The summed E-state index contributed by atoms with van der Waals surface area (Å²) in [4.78, 5) is 15.9. The smallest absolute Gasteiger partial charge is 0.312 e. The molecule has 0 saturated heterocycles. The average molecular weight is 261 g/mol. The molecular formula is C14H15NO2S. The number of hydrogen-bond donors (Lipinski definition) is 0. The zero-order valence-corrected chi connectivity index (χ0v) is 11.3. The van der Waals surface area contributed by atoms with Gasteiger partial charge in [-0.2, -0.15) is 0 Å². The van der Waals surface area contributed by atoms with Gasteiger partial charge in [0.1, 0.15) is 6.61 Å². The molecule has 4 heteroatoms. The fraction of sp³-hybridized carbons (Fsp3) is 0.286. The van der Waals surface area contributed by atoms with Gasteiger partial charge >= 0.3 is 5.97 Å². The van der Waals surface area contributed by atoms with Crippen molar-refractivity contribution in [3.05, 3.63) is 51.5 Å². The monoisotopic (exact) mass is 261 g/mol. The van der Waals surface area contributed by atoms with Crippen LogP contribution in [-0.2, 0) is 22.6 Å². The van der Waals surface area contributed by atoms with E-state index in [0.717, 1.165) is 16.3 Å². The van der Waals surface area contributed by atoms with Crippen LogP contribution >= 0.6 is 11.3 Å². The highest BCUT2D eigenvalue weighted by Crippen LogP contribution is 2.10. The first kappa shape index (κ1) is 12.8. The van der Waals surface area contributed by atoms with Crippen LogP contribution in [0.2, 0.25) is 0 Å². The maximum atomic E-state index is 11.6. The van der Waals surface area contributed by atoms with Crippen molar-refractivity contribution in [2.75, 3.05) is 0 Å². The molecule has 0 saturated carbocycles. The standard InChI is InChI=1S/C14H15NO2S/c1-10-4-3-5-12(6-10)8-17-14(16)7-13-9-18-11(2)15-13/h3-6,9H,7-8H2,1-2H3. The van der Waals surface area contributed by atoms with Crippen molar-refractivity contribution >= 4 is 17.3 Å². The van der Waals surface area contributed by atoms with Crippen molar-refractivity contribution in [3.8, 4) is 0 Å². The lowest BCUT2D eigenvalue weighted by Crippen LogP contribution is -2.08. The summed E-state index contributed by atoms with van der Waals surface area (Å²) in [6.45, 7) is 4.26. The Hall–Kier alpha value is -1.68. The van der Waals surface area contributed by atoms with Gasteiger partial charge in [-0.05, 0) is 19.4 Å². The maximum Gasteiger partial charge on any atom is 0.312 e. The highest BCUT2D eigenvalue weighted by atomic mass is 32.1. The molecule has 94 valence electrons. The molecule has 1 aromatic carbocycles. The van der Waals surface area contributed by atoms with Crippen LogP contribution in [0.1, 0.15) is 21.8 Å². The van der Waals surface area contributed by atoms with Crippen LogP contribution in [0.3, 0.4) is 0 Å². The summed E-state index contributed by atoms with van der Waals surface area (Å²) in [6, 6.07) is 7.94. The third-order valence-corrected chi connectivity index (χ3v) is 3.30. The molecule has 1 heterocycles. The lowest BCUT2D eigenvalue weighted by atomic mass is 10.1. The zero-order valence-electron chi connectivity index (χ0n) is 10.5. The molecule has 0 N–H and O–H groups in total. The molecule has 3 nitrogen and oxygen atoms in total. The van der Waals surface area contributed by atoms with Crippen molar-refractivity contribution in [2.24, 2.45) is 0 Å². The number of aryl methyl sites for hydroxylation is 2. The van der Waals surface area contributed by atoms with E-state index in [1.807, 2.05) is 43.5 Å². The number of rotatable bonds is 4. The van der Waals surface area contributed by atoms with Crippen LogP contribution < -0.4 is 0 Å². The molecule has 2 aromatic rings. The Kier molecular flexibility index (Phi) is 4.10. The zero-order chi connectivity index (χ0) is 13.0. The predicted octanol–water partition coefficient (Wildman–Crippen LogP) is 3.05. The Morgan fingerprint density at radius 2 is 2.22 bits per heavy atom. The lowest BCUT2D eigenvalue weighted by Gasteiger charge is -2.04. The molecule has 0 bridgehead atoms. The number of ether oxygens (including phenoxy) is 1. The summed E-state index contributed by atoms with van der Waals surface area (Å²) in [5, 5.41) is 2.86. The van der Waals surface area contributed by atoms with Crippen molar-refractivity contribution in [2.45, 2.75) is 26.9 Å². The van der Waals surface area contributed by atoms with E-state index in [1.54, 1.807) is 11.3 Å². The molecule has 0 amide bonds. The minimum absolute atomic E-state index is 0.234. The van der Waals surface area contributed by atoms with E-state index >= 15 is 0 Å². The quantitative estimate of drug-likeness (QED) is 0.794. The molecule has 0 atom stereocenters. The maximum absolute atomic E-state index is 11.6. The predicted molar refractivity (Wildman–Crippen MR) is 71.5 cm³/mol. The molecule has 0 spiro atoms. The minimum Gasteiger partial charge on any atom is -0.461 e. The Morgan fingerprint density at radius 3 is 2.89 bits per heavy atom. The van der Waals surface area contributed by atoms with Gasteiger partial charge in [0.15, 0.2) is 0 Å². The van der Waals surface area contributed by atoms with Crippen molar-refractivity contribution in [3.63, 3.8) is 0 Å². The molecule has 0 aliphatic rings. The fourth-order valence-corrected chi connectivity index (χ4v) is 2.27. The Morgan fingerprint density at radius 1 is 1.39 bits per heavy atom. The first-order valence-corrected chi connectivity index (χ1v) is 6.63. The number of esters is 1. The first-order valence-electron chi connectivity index (χ1n) is 5.75. The van der Waals surface area contributed by atoms with Crippen molar-refractivity contribution < 1.29 is 9.53 Å². The number of carbonyl (C=O) groups excluding carboxylic acids is 1. The van der Waals surface area contributed by atoms with Gasteiger partial charge in [-0.3, -0.25) is 4.79 Å². The summed E-state index contributed by atoms with van der Waals surface area (Å²) in [6.07, 6.45) is 0.246. The number of thiazole rings is 1. The molecule has 0 fully saturated rings. The van der Waals surface area contributed by atoms with Crippen LogP contribution in [0.25, 0.3) is 0 Å². The van der Waals surface area contributed by atoms with Gasteiger partial charge in [0, 0.05) is 5.38 Å². The van der Waals surface area contributed by atoms with Gasteiger partial charge in [0.25, 0.3) is 0 Å². The average Bonchev–Trinajstić information content (AvgIpc) is 2.72. The van der Waals surface area contributed by atoms with Crippen LogP contribution in [0.4, 0.5) is 0 Å². The van der Waals surface area contributed by atoms with Gasteiger partial charge in [-0.25, -0.2) is 4.98 Å². The molecule has 0 unspecified atom stereocenters. The molecule has 0 aliphatic carbocycles. The topological polar surface area (TPSA) is 39.2 Å². The van der Waals surface area contributed by atoms with Gasteiger partial charge in [0.2, 0.25) is 0 Å². The fourth-order valence-electron chi connectivity index (χ4n) is 1.65. The molecule has 2 rings (SSSR count). The number of nitrogens with zero attached hydrogens (tertiary/aromatic N) is 1. The van der Waals surface area contributed by atoms with Gasteiger partial charge < -0.3 is 4.74 Å². The minimum atomic E-state index is -0.234. The van der Waals surface area contributed by atoms with E-state index in [4.69, 9.17) is 4.74 Å². The lowest BCUT2D eigenvalue weighted by molar-refractivity contribution is -0.144. The van der Waals surface area contributed by atoms with E-state index in [9.17, 15) is 4.79 Å². The number of carbonyl (C=O) groups is 1. The summed E-state index contributed by atoms with van der Waals surface area (Å²) >= 11 is 1.54. The summed E-state index contributed by atoms with van der Waals surface area (Å²) < 4.78 is 5.22. The molecular weight excluding hydrogens is 246 g/mol. The van der Waals surface area contributed by atoms with Crippen LogP contribution in [0, 0.1) is 13.8 Å². The second-order valence-electron chi connectivity index (χ2n) is 4.18. The first-order chi connectivity index (χ1) is 8.63. The van der Waals surface area contributed by atoms with E-state index in [2.05, 4.69) is 4.98 Å². The van der Waals surface area contributed by atoms with Crippen LogP contribution in [-0.4, -0.2) is 11.0 Å².